The molecule has 98 valence electrons. The van der Waals surface area contributed by atoms with Gasteiger partial charge in [0.1, 0.15) is 16.6 Å². The van der Waals surface area contributed by atoms with Crippen LogP contribution in [0.2, 0.25) is 0 Å². The molecule has 2 nitrogen and oxygen atoms in total. The molecule has 2 aromatic rings. The highest BCUT2D eigenvalue weighted by atomic mass is 32.1. The molecule has 0 unspecified atom stereocenters. The van der Waals surface area contributed by atoms with Crippen molar-refractivity contribution in [2.45, 2.75) is 6.54 Å². The lowest BCUT2D eigenvalue weighted by molar-refractivity contribution is 0.612. The molecule has 2 rings (SSSR count). The zero-order valence-corrected chi connectivity index (χ0v) is 10.8. The van der Waals surface area contributed by atoms with Crippen LogP contribution < -0.4 is 11.1 Å². The van der Waals surface area contributed by atoms with Gasteiger partial charge < -0.3 is 11.1 Å². The lowest BCUT2D eigenvalue weighted by Gasteiger charge is -2.12. The minimum Gasteiger partial charge on any atom is -0.389 e. The molecular weight excluding hydrogens is 266 g/mol. The summed E-state index contributed by atoms with van der Waals surface area (Å²) in [5.41, 5.74) is 6.58. The highest BCUT2D eigenvalue weighted by Crippen LogP contribution is 2.20. The van der Waals surface area contributed by atoms with Crippen LogP contribution in [0.15, 0.2) is 42.5 Å². The number of hydrogen-bond acceptors (Lipinski definition) is 2. The molecule has 0 amide bonds. The van der Waals surface area contributed by atoms with E-state index >= 15 is 0 Å². The normalized spacial score (nSPS) is 10.2. The van der Waals surface area contributed by atoms with Crippen molar-refractivity contribution in [2.75, 3.05) is 5.32 Å². The first-order valence-electron chi connectivity index (χ1n) is 5.65. The summed E-state index contributed by atoms with van der Waals surface area (Å²) in [5, 5.41) is 2.95. The molecule has 19 heavy (non-hydrogen) atoms. The summed E-state index contributed by atoms with van der Waals surface area (Å²) in [6, 6.07) is 10.8. The second-order valence-electron chi connectivity index (χ2n) is 3.97. The first kappa shape index (κ1) is 13.4. The molecule has 3 N–H and O–H groups in total. The smallest absolute Gasteiger partial charge is 0.135 e. The fraction of sp³-hybridized carbons (Fsp3) is 0.0714. The Labute approximate surface area is 115 Å². The van der Waals surface area contributed by atoms with Gasteiger partial charge in [0.25, 0.3) is 0 Å². The second-order valence-corrected chi connectivity index (χ2v) is 4.41. The maximum absolute atomic E-state index is 13.6. The summed E-state index contributed by atoms with van der Waals surface area (Å²) in [6.07, 6.45) is 0. The van der Waals surface area contributed by atoms with Gasteiger partial charge in [-0.25, -0.2) is 8.78 Å². The lowest BCUT2D eigenvalue weighted by atomic mass is 10.1. The highest BCUT2D eigenvalue weighted by Gasteiger charge is 2.11. The topological polar surface area (TPSA) is 38.0 Å². The van der Waals surface area contributed by atoms with Crippen LogP contribution in [0.3, 0.4) is 0 Å². The van der Waals surface area contributed by atoms with Gasteiger partial charge in [0.15, 0.2) is 0 Å². The highest BCUT2D eigenvalue weighted by molar-refractivity contribution is 7.80. The van der Waals surface area contributed by atoms with E-state index in [1.54, 1.807) is 30.3 Å². The van der Waals surface area contributed by atoms with E-state index in [-0.39, 0.29) is 22.9 Å². The van der Waals surface area contributed by atoms with Crippen molar-refractivity contribution >= 4 is 22.9 Å². The Balaban J connectivity index is 2.23. The average molecular weight is 278 g/mol. The third-order valence-corrected chi connectivity index (χ3v) is 2.89. The molecule has 0 spiro atoms. The second kappa shape index (κ2) is 5.75. The summed E-state index contributed by atoms with van der Waals surface area (Å²) in [6.45, 7) is 0.228. The van der Waals surface area contributed by atoms with E-state index in [4.69, 9.17) is 18.0 Å². The molecule has 0 radical (unpaired) electrons. The molecule has 0 aliphatic rings. The zero-order valence-electron chi connectivity index (χ0n) is 9.99. The number of nitrogens with two attached hydrogens (primary N) is 1. The van der Waals surface area contributed by atoms with Crippen LogP contribution >= 0.6 is 12.2 Å². The third-order valence-electron chi connectivity index (χ3n) is 2.69. The van der Waals surface area contributed by atoms with Crippen LogP contribution in [-0.2, 0) is 6.54 Å². The minimum absolute atomic E-state index is 0.0332. The van der Waals surface area contributed by atoms with Crippen molar-refractivity contribution in [3.8, 4) is 0 Å². The Bertz CT molecular complexity index is 614. The molecule has 5 heteroatoms. The van der Waals surface area contributed by atoms with Gasteiger partial charge in [-0.1, -0.05) is 36.5 Å². The molecule has 0 aliphatic carbocycles. The van der Waals surface area contributed by atoms with Gasteiger partial charge in [0.2, 0.25) is 0 Å². The van der Waals surface area contributed by atoms with E-state index < -0.39 is 5.82 Å². The summed E-state index contributed by atoms with van der Waals surface area (Å²) in [7, 11) is 0. The van der Waals surface area contributed by atoms with Crippen molar-refractivity contribution < 1.29 is 8.78 Å². The quantitative estimate of drug-likeness (QED) is 0.843. The summed E-state index contributed by atoms with van der Waals surface area (Å²) in [4.78, 5) is -0.0332. The maximum atomic E-state index is 13.6. The molecule has 0 heterocycles. The molecule has 0 fully saturated rings. The summed E-state index contributed by atoms with van der Waals surface area (Å²) >= 11 is 4.82. The number of hydrogen-bond donors (Lipinski definition) is 2. The van der Waals surface area contributed by atoms with E-state index in [1.165, 1.54) is 12.1 Å². The Morgan fingerprint density at radius 2 is 1.74 bits per heavy atom. The van der Waals surface area contributed by atoms with Crippen LogP contribution in [0.25, 0.3) is 0 Å². The van der Waals surface area contributed by atoms with E-state index in [0.717, 1.165) is 0 Å². The minimum atomic E-state index is -0.494. The SMILES string of the molecule is NC(=S)c1c(F)cccc1NCc1ccccc1F. The fourth-order valence-corrected chi connectivity index (χ4v) is 1.96. The predicted octanol–water partition coefficient (Wildman–Crippen LogP) is 3.21. The van der Waals surface area contributed by atoms with Gasteiger partial charge in [-0.3, -0.25) is 0 Å². The fourth-order valence-electron chi connectivity index (χ4n) is 1.75. The van der Waals surface area contributed by atoms with Crippen molar-refractivity contribution in [3.63, 3.8) is 0 Å². The van der Waals surface area contributed by atoms with Gasteiger partial charge >= 0.3 is 0 Å². The van der Waals surface area contributed by atoms with Crippen LogP contribution in [0, 0.1) is 11.6 Å². The molecule has 0 bridgehead atoms. The van der Waals surface area contributed by atoms with Gasteiger partial charge in [-0.05, 0) is 18.2 Å². The van der Waals surface area contributed by atoms with Crippen molar-refractivity contribution in [1.82, 2.24) is 0 Å². The largest absolute Gasteiger partial charge is 0.389 e. The average Bonchev–Trinajstić information content (AvgIpc) is 2.37. The first-order valence-corrected chi connectivity index (χ1v) is 6.06. The maximum Gasteiger partial charge on any atom is 0.135 e. The van der Waals surface area contributed by atoms with Crippen LogP contribution in [0.1, 0.15) is 11.1 Å². The monoisotopic (exact) mass is 278 g/mol. The summed E-state index contributed by atoms with van der Waals surface area (Å²) < 4.78 is 27.1. The van der Waals surface area contributed by atoms with Crippen molar-refractivity contribution in [2.24, 2.45) is 5.73 Å². The Hall–Kier alpha value is -2.01. The van der Waals surface area contributed by atoms with Crippen LogP contribution in [0.4, 0.5) is 14.5 Å². The molecule has 0 aromatic heterocycles. The first-order chi connectivity index (χ1) is 9.09. The van der Waals surface area contributed by atoms with E-state index in [9.17, 15) is 8.78 Å². The van der Waals surface area contributed by atoms with E-state index in [2.05, 4.69) is 5.32 Å². The van der Waals surface area contributed by atoms with Gasteiger partial charge in [0, 0.05) is 17.8 Å². The number of nitrogens with one attached hydrogen (secondary N) is 1. The van der Waals surface area contributed by atoms with E-state index in [0.29, 0.717) is 11.3 Å². The van der Waals surface area contributed by atoms with Gasteiger partial charge in [-0.2, -0.15) is 0 Å². The Kier molecular flexibility index (Phi) is 4.06. The molecular formula is C14H12F2N2S. The summed E-state index contributed by atoms with van der Waals surface area (Å²) in [5.74, 6) is -0.811. The van der Waals surface area contributed by atoms with Gasteiger partial charge in [-0.15, -0.1) is 0 Å². The zero-order chi connectivity index (χ0) is 13.8. The third kappa shape index (κ3) is 3.06. The Morgan fingerprint density at radius 3 is 2.42 bits per heavy atom. The molecule has 0 atom stereocenters. The molecule has 0 saturated carbocycles. The van der Waals surface area contributed by atoms with Gasteiger partial charge in [0.05, 0.1) is 5.56 Å². The van der Waals surface area contributed by atoms with Crippen LogP contribution in [-0.4, -0.2) is 4.99 Å². The molecule has 0 aliphatic heterocycles. The van der Waals surface area contributed by atoms with Crippen LogP contribution in [0.5, 0.6) is 0 Å². The molecule has 0 saturated heterocycles. The standard InChI is InChI=1S/C14H12F2N2S/c15-10-5-2-1-4-9(10)8-18-12-7-3-6-11(16)13(12)14(17)19/h1-7,18H,8H2,(H2,17,19). The number of rotatable bonds is 4. The lowest BCUT2D eigenvalue weighted by Crippen LogP contribution is -2.15. The number of thiocarbonyl (C=S) groups is 1. The van der Waals surface area contributed by atoms with Crippen molar-refractivity contribution in [1.29, 1.82) is 0 Å². The molecule has 2 aromatic carbocycles. The number of halogens is 2. The van der Waals surface area contributed by atoms with Crippen molar-refractivity contribution in [3.05, 3.63) is 65.2 Å². The number of anilines is 1. The van der Waals surface area contributed by atoms with E-state index in [1.807, 2.05) is 0 Å². The predicted molar refractivity (Wildman–Crippen MR) is 76.0 cm³/mol. The Morgan fingerprint density at radius 1 is 1.05 bits per heavy atom. The number of benzene rings is 2.